The van der Waals surface area contributed by atoms with Crippen LogP contribution in [-0.2, 0) is 48.0 Å². The topological polar surface area (TPSA) is 150 Å². The lowest BCUT2D eigenvalue weighted by atomic mass is 9.71. The molecule has 4 aromatic heterocycles. The molecule has 4 N–H and O–H groups in total. The second kappa shape index (κ2) is 15.9. The number of hydrogen-bond acceptors (Lipinski definition) is 8. The Kier molecular flexibility index (Phi) is 12.0. The maximum Gasteiger partial charge on any atom is 0.355 e. The van der Waals surface area contributed by atoms with E-state index in [1.54, 1.807) is 6.92 Å². The lowest BCUT2D eigenvalue weighted by Crippen LogP contribution is -2.27. The zero-order valence-electron chi connectivity index (χ0n) is 32.4. The Hall–Kier alpha value is -4.02. The van der Waals surface area contributed by atoms with Gasteiger partial charge in [-0.15, -0.1) is 6.58 Å². The molecular weight excluding hydrogens is 656 g/mol. The quantitative estimate of drug-likeness (QED) is 0.103. The molecule has 2 aliphatic rings. The zero-order chi connectivity index (χ0) is 38.0. The molecule has 0 radical (unpaired) electrons. The molecule has 4 aromatic rings. The van der Waals surface area contributed by atoms with Crippen LogP contribution in [0.5, 0.6) is 0 Å². The number of nitrogens with one attached hydrogen (secondary N) is 2. The number of hydrogen-bond donors (Lipinski definition) is 4. The second-order valence-corrected chi connectivity index (χ2v) is 16.5. The van der Waals surface area contributed by atoms with E-state index in [0.717, 1.165) is 59.9 Å². The van der Waals surface area contributed by atoms with E-state index < -0.39 is 12.1 Å². The van der Waals surface area contributed by atoms with Gasteiger partial charge in [-0.3, -0.25) is 9.97 Å². The number of carbonyl (C=O) groups excluding carboxylic acids is 2. The number of ether oxygens (including phenoxy) is 2. The highest BCUT2D eigenvalue weighted by atomic mass is 16.5. The monoisotopic (exact) mass is 714 g/mol. The normalized spacial score (nSPS) is 17.9. The molecule has 10 heteroatoms. The van der Waals surface area contributed by atoms with Crippen molar-refractivity contribution in [3.63, 3.8) is 0 Å². The fourth-order valence-corrected chi connectivity index (χ4v) is 7.71. The Morgan fingerprint density at radius 1 is 0.846 bits per heavy atom. The van der Waals surface area contributed by atoms with Crippen LogP contribution in [0.3, 0.4) is 0 Å². The summed E-state index contributed by atoms with van der Waals surface area (Å²) < 4.78 is 10.4. The third-order valence-corrected chi connectivity index (χ3v) is 10.9. The smallest absolute Gasteiger partial charge is 0.355 e. The number of aromatic nitrogens is 4. The Labute approximate surface area is 307 Å². The minimum Gasteiger partial charge on any atom is -0.461 e. The predicted molar refractivity (Wildman–Crippen MR) is 205 cm³/mol. The van der Waals surface area contributed by atoms with Gasteiger partial charge >= 0.3 is 11.9 Å². The highest BCUT2D eigenvalue weighted by Gasteiger charge is 2.32. The van der Waals surface area contributed by atoms with E-state index in [9.17, 15) is 19.8 Å². The number of aliphatic hydroxyl groups is 2. The van der Waals surface area contributed by atoms with E-state index in [0.29, 0.717) is 52.7 Å². The predicted octanol–water partition coefficient (Wildman–Crippen LogP) is 7.41. The molecule has 0 spiro atoms. The number of pyridine rings is 2. The van der Waals surface area contributed by atoms with Gasteiger partial charge in [0, 0.05) is 28.9 Å². The number of H-pyrrole nitrogens is 2. The van der Waals surface area contributed by atoms with Crippen LogP contribution >= 0.6 is 0 Å². The molecule has 3 unspecified atom stereocenters. The largest absolute Gasteiger partial charge is 0.461 e. The number of esters is 2. The number of fused-ring (bicyclic) bond motifs is 4. The fourth-order valence-electron chi connectivity index (χ4n) is 7.71. The van der Waals surface area contributed by atoms with Gasteiger partial charge in [0.05, 0.1) is 48.0 Å². The summed E-state index contributed by atoms with van der Waals surface area (Å²) in [5.74, 6) is 0.481. The highest BCUT2D eigenvalue weighted by Crippen LogP contribution is 2.39. The van der Waals surface area contributed by atoms with Gasteiger partial charge in [-0.1, -0.05) is 47.6 Å². The van der Waals surface area contributed by atoms with Crippen molar-refractivity contribution >= 4 is 34.0 Å². The van der Waals surface area contributed by atoms with Gasteiger partial charge in [-0.2, -0.15) is 0 Å². The van der Waals surface area contributed by atoms with Crippen molar-refractivity contribution in [2.24, 2.45) is 22.7 Å². The first-order valence-electron chi connectivity index (χ1n) is 18.9. The number of allylic oxidation sites excluding steroid dienone is 1. The van der Waals surface area contributed by atoms with Crippen LogP contribution in [0, 0.1) is 22.7 Å². The standard InChI is InChI=1S/C21H30N2O4.C21H28N2O2/c1-5-27-20(26)19-15(10-14(25)11-24)18-17(23-19)9-12-8-13(21(2,3)4)6-7-16(12)22-18;1-6-8-15-18-17(23-19(15)20(24)25-7-2)12-13-11-14(21(3,4)5)9-10-16(13)22-18/h9,13-14,23-25H,5-8,10-11H2,1-4H3;6,12,14,23H,1,7-11H2,2-5H3. The average molecular weight is 715 g/mol. The van der Waals surface area contributed by atoms with Crippen LogP contribution < -0.4 is 0 Å². The van der Waals surface area contributed by atoms with Crippen molar-refractivity contribution in [1.82, 2.24) is 19.9 Å². The van der Waals surface area contributed by atoms with Gasteiger partial charge in [0.25, 0.3) is 0 Å². The molecule has 10 nitrogen and oxygen atoms in total. The number of aromatic amines is 2. The average Bonchev–Trinajstić information content (AvgIpc) is 3.62. The van der Waals surface area contributed by atoms with E-state index >= 15 is 0 Å². The van der Waals surface area contributed by atoms with Crippen LogP contribution in [-0.4, -0.2) is 68.0 Å². The van der Waals surface area contributed by atoms with Crippen LogP contribution in [0.1, 0.15) is 123 Å². The number of aryl methyl sites for hydroxylation is 2. The lowest BCUT2D eigenvalue weighted by molar-refractivity contribution is 0.0508. The third-order valence-electron chi connectivity index (χ3n) is 10.9. The molecule has 3 atom stereocenters. The maximum atomic E-state index is 12.4. The van der Waals surface area contributed by atoms with E-state index in [-0.39, 0.29) is 31.0 Å². The van der Waals surface area contributed by atoms with E-state index in [4.69, 9.17) is 19.4 Å². The summed E-state index contributed by atoms with van der Waals surface area (Å²) in [4.78, 5) is 40.9. The molecule has 0 bridgehead atoms. The molecule has 282 valence electrons. The molecule has 4 heterocycles. The molecular formula is C42H58N4O6. The van der Waals surface area contributed by atoms with Crippen LogP contribution in [0.15, 0.2) is 24.8 Å². The van der Waals surface area contributed by atoms with E-state index in [1.807, 2.05) is 13.0 Å². The first-order valence-corrected chi connectivity index (χ1v) is 18.9. The number of aliphatic hydroxyl groups excluding tert-OH is 2. The van der Waals surface area contributed by atoms with Gasteiger partial charge in [0.1, 0.15) is 11.4 Å². The first-order chi connectivity index (χ1) is 24.6. The summed E-state index contributed by atoms with van der Waals surface area (Å²) in [6, 6.07) is 4.28. The Balaban J connectivity index is 0.000000202. The summed E-state index contributed by atoms with van der Waals surface area (Å²) in [5.41, 5.74) is 10.9. The highest BCUT2D eigenvalue weighted by molar-refractivity contribution is 5.98. The molecule has 0 amide bonds. The SMILES string of the molecule is C=CCc1c(C(=O)OCC)[nH]c2cc3c(nc12)CCC(C(C)(C)C)C3.CCOC(=O)c1[nH]c2cc3c(nc2c1CC(O)CO)CCC(C(C)(C)C)C3. The molecule has 0 aliphatic heterocycles. The minimum absolute atomic E-state index is 0.154. The molecule has 2 aliphatic carbocycles. The molecule has 6 rings (SSSR count). The lowest BCUT2D eigenvalue weighted by Gasteiger charge is -2.34. The molecule has 0 saturated heterocycles. The molecule has 0 fully saturated rings. The molecule has 52 heavy (non-hydrogen) atoms. The zero-order valence-corrected chi connectivity index (χ0v) is 32.4. The van der Waals surface area contributed by atoms with Crippen LogP contribution in [0.2, 0.25) is 0 Å². The number of nitrogens with zero attached hydrogens (tertiary/aromatic N) is 2. The Morgan fingerprint density at radius 2 is 1.29 bits per heavy atom. The van der Waals surface area contributed by atoms with Crippen molar-refractivity contribution in [3.8, 4) is 0 Å². The third kappa shape index (κ3) is 8.44. The summed E-state index contributed by atoms with van der Waals surface area (Å²) in [6.45, 7) is 21.4. The van der Waals surface area contributed by atoms with Gasteiger partial charge in [-0.05, 0) is 105 Å². The van der Waals surface area contributed by atoms with Crippen molar-refractivity contribution < 1.29 is 29.3 Å². The first kappa shape index (κ1) is 39.2. The summed E-state index contributed by atoms with van der Waals surface area (Å²) in [6.07, 6.45) is 7.82. The minimum atomic E-state index is -0.944. The van der Waals surface area contributed by atoms with Crippen molar-refractivity contribution in [2.75, 3.05) is 19.8 Å². The van der Waals surface area contributed by atoms with Crippen molar-refractivity contribution in [3.05, 3.63) is 69.8 Å². The van der Waals surface area contributed by atoms with Crippen LogP contribution in [0.25, 0.3) is 22.1 Å². The van der Waals surface area contributed by atoms with Crippen molar-refractivity contribution in [1.29, 1.82) is 0 Å². The molecule has 0 aromatic carbocycles. The fraction of sp³-hybridized carbons (Fsp3) is 0.571. The van der Waals surface area contributed by atoms with Gasteiger partial charge in [0.2, 0.25) is 0 Å². The summed E-state index contributed by atoms with van der Waals surface area (Å²) >= 11 is 0. The molecule has 0 saturated carbocycles. The number of carbonyl (C=O) groups is 2. The van der Waals surface area contributed by atoms with Crippen LogP contribution in [0.4, 0.5) is 0 Å². The van der Waals surface area contributed by atoms with E-state index in [2.05, 4.69) is 70.2 Å². The maximum absolute atomic E-state index is 12.4. The van der Waals surface area contributed by atoms with Gasteiger partial charge in [0.15, 0.2) is 0 Å². The van der Waals surface area contributed by atoms with Gasteiger partial charge < -0.3 is 29.7 Å². The second-order valence-electron chi connectivity index (χ2n) is 16.5. The Morgan fingerprint density at radius 3 is 1.69 bits per heavy atom. The van der Waals surface area contributed by atoms with Gasteiger partial charge in [-0.25, -0.2) is 9.59 Å². The van der Waals surface area contributed by atoms with Crippen molar-refractivity contribution in [2.45, 2.75) is 113 Å². The Bertz CT molecular complexity index is 1920. The summed E-state index contributed by atoms with van der Waals surface area (Å²) in [7, 11) is 0. The summed E-state index contributed by atoms with van der Waals surface area (Å²) in [5, 5.41) is 19.2. The van der Waals surface area contributed by atoms with E-state index in [1.165, 1.54) is 23.2 Å². The number of rotatable bonds is 9.